The SMILES string of the molecule is CCn1cncc1CN1CCc2nc3cc(OC)c(OC)cc3c(=O)n2CC1. The highest BCUT2D eigenvalue weighted by Gasteiger charge is 2.20. The van der Waals surface area contributed by atoms with Gasteiger partial charge in [-0.3, -0.25) is 14.3 Å². The van der Waals surface area contributed by atoms with Gasteiger partial charge in [0, 0.05) is 51.4 Å². The van der Waals surface area contributed by atoms with Gasteiger partial charge in [0.15, 0.2) is 11.5 Å². The van der Waals surface area contributed by atoms with E-state index < -0.39 is 0 Å². The zero-order valence-corrected chi connectivity index (χ0v) is 16.5. The number of imidazole rings is 1. The summed E-state index contributed by atoms with van der Waals surface area (Å²) in [6, 6.07) is 3.50. The monoisotopic (exact) mass is 383 g/mol. The fourth-order valence-corrected chi connectivity index (χ4v) is 3.78. The average Bonchev–Trinajstić information content (AvgIpc) is 3.07. The van der Waals surface area contributed by atoms with Crippen molar-refractivity contribution in [2.75, 3.05) is 27.3 Å². The standard InChI is InChI=1S/C20H25N5O3/c1-4-24-13-21-11-14(24)12-23-6-5-19-22-16-10-18(28-3)17(27-2)9-15(16)20(26)25(19)8-7-23/h9-11,13H,4-8,12H2,1-3H3. The molecule has 0 amide bonds. The van der Waals surface area contributed by atoms with Crippen molar-refractivity contribution < 1.29 is 9.47 Å². The van der Waals surface area contributed by atoms with Crippen molar-refractivity contribution in [1.82, 2.24) is 24.0 Å². The average molecular weight is 383 g/mol. The number of aromatic nitrogens is 4. The maximum Gasteiger partial charge on any atom is 0.261 e. The molecule has 0 bridgehead atoms. The molecule has 0 fully saturated rings. The van der Waals surface area contributed by atoms with Crippen LogP contribution < -0.4 is 15.0 Å². The second kappa shape index (κ2) is 7.63. The second-order valence-electron chi connectivity index (χ2n) is 6.91. The van der Waals surface area contributed by atoms with Gasteiger partial charge >= 0.3 is 0 Å². The Morgan fingerprint density at radius 2 is 1.89 bits per heavy atom. The van der Waals surface area contributed by atoms with Crippen LogP contribution in [0.15, 0.2) is 29.5 Å². The molecule has 8 nitrogen and oxygen atoms in total. The van der Waals surface area contributed by atoms with Gasteiger partial charge in [-0.25, -0.2) is 9.97 Å². The Bertz CT molecular complexity index is 1060. The van der Waals surface area contributed by atoms with Crippen LogP contribution in [0.25, 0.3) is 10.9 Å². The maximum absolute atomic E-state index is 13.1. The number of methoxy groups -OCH3 is 2. The van der Waals surface area contributed by atoms with Crippen LogP contribution >= 0.6 is 0 Å². The van der Waals surface area contributed by atoms with Gasteiger partial charge in [-0.15, -0.1) is 0 Å². The van der Waals surface area contributed by atoms with E-state index in [0.29, 0.717) is 28.9 Å². The Morgan fingerprint density at radius 3 is 2.64 bits per heavy atom. The van der Waals surface area contributed by atoms with E-state index in [0.717, 1.165) is 38.4 Å². The molecular weight excluding hydrogens is 358 g/mol. The van der Waals surface area contributed by atoms with Crippen LogP contribution in [0.1, 0.15) is 18.4 Å². The summed E-state index contributed by atoms with van der Waals surface area (Å²) >= 11 is 0. The lowest BCUT2D eigenvalue weighted by molar-refractivity contribution is 0.264. The number of ether oxygens (including phenoxy) is 2. The van der Waals surface area contributed by atoms with Crippen molar-refractivity contribution in [3.63, 3.8) is 0 Å². The summed E-state index contributed by atoms with van der Waals surface area (Å²) in [5.41, 5.74) is 1.81. The van der Waals surface area contributed by atoms with E-state index >= 15 is 0 Å². The molecule has 28 heavy (non-hydrogen) atoms. The number of hydrogen-bond acceptors (Lipinski definition) is 6. The van der Waals surface area contributed by atoms with Gasteiger partial charge in [0.2, 0.25) is 0 Å². The minimum absolute atomic E-state index is 0.0265. The van der Waals surface area contributed by atoms with Crippen LogP contribution in [0.4, 0.5) is 0 Å². The first-order chi connectivity index (χ1) is 13.6. The minimum atomic E-state index is -0.0265. The molecule has 0 atom stereocenters. The number of rotatable bonds is 5. The minimum Gasteiger partial charge on any atom is -0.493 e. The van der Waals surface area contributed by atoms with E-state index in [1.807, 2.05) is 12.5 Å². The summed E-state index contributed by atoms with van der Waals surface area (Å²) in [5.74, 6) is 1.93. The predicted molar refractivity (Wildman–Crippen MR) is 106 cm³/mol. The summed E-state index contributed by atoms with van der Waals surface area (Å²) in [6.07, 6.45) is 4.50. The Kier molecular flexibility index (Phi) is 5.04. The van der Waals surface area contributed by atoms with E-state index in [-0.39, 0.29) is 5.56 Å². The Hall–Kier alpha value is -2.87. The van der Waals surface area contributed by atoms with Crippen LogP contribution in [0.2, 0.25) is 0 Å². The maximum atomic E-state index is 13.1. The first-order valence-corrected chi connectivity index (χ1v) is 9.51. The Balaban J connectivity index is 1.65. The molecule has 0 saturated carbocycles. The van der Waals surface area contributed by atoms with Gasteiger partial charge < -0.3 is 14.0 Å². The van der Waals surface area contributed by atoms with Gasteiger partial charge in [-0.2, -0.15) is 0 Å². The van der Waals surface area contributed by atoms with Crippen LogP contribution in [0.3, 0.4) is 0 Å². The molecule has 0 N–H and O–H groups in total. The van der Waals surface area contributed by atoms with Crippen molar-refractivity contribution in [1.29, 1.82) is 0 Å². The zero-order chi connectivity index (χ0) is 19.7. The summed E-state index contributed by atoms with van der Waals surface area (Å²) in [6.45, 7) is 6.09. The van der Waals surface area contributed by atoms with Gasteiger partial charge in [-0.1, -0.05) is 0 Å². The molecule has 0 aliphatic carbocycles. The lowest BCUT2D eigenvalue weighted by Gasteiger charge is -2.19. The Morgan fingerprint density at radius 1 is 1.11 bits per heavy atom. The molecule has 0 unspecified atom stereocenters. The highest BCUT2D eigenvalue weighted by atomic mass is 16.5. The highest BCUT2D eigenvalue weighted by molar-refractivity contribution is 5.82. The quantitative estimate of drug-likeness (QED) is 0.668. The third kappa shape index (κ3) is 3.24. The smallest absolute Gasteiger partial charge is 0.261 e. The highest BCUT2D eigenvalue weighted by Crippen LogP contribution is 2.30. The molecule has 1 aromatic carbocycles. The van der Waals surface area contributed by atoms with Crippen molar-refractivity contribution in [2.24, 2.45) is 0 Å². The summed E-state index contributed by atoms with van der Waals surface area (Å²) in [5, 5.41) is 0.555. The molecule has 3 heterocycles. The lowest BCUT2D eigenvalue weighted by Crippen LogP contribution is -2.29. The third-order valence-electron chi connectivity index (χ3n) is 5.35. The number of hydrogen-bond donors (Lipinski definition) is 0. The molecule has 0 radical (unpaired) electrons. The third-order valence-corrected chi connectivity index (χ3v) is 5.35. The molecular formula is C20H25N5O3. The molecule has 148 valence electrons. The number of aryl methyl sites for hydroxylation is 1. The second-order valence-corrected chi connectivity index (χ2v) is 6.91. The van der Waals surface area contributed by atoms with E-state index in [2.05, 4.69) is 21.4 Å². The van der Waals surface area contributed by atoms with Gasteiger partial charge in [0.25, 0.3) is 5.56 Å². The first-order valence-electron chi connectivity index (χ1n) is 9.51. The fraction of sp³-hybridized carbons (Fsp3) is 0.450. The van der Waals surface area contributed by atoms with Gasteiger partial charge in [0.1, 0.15) is 5.82 Å². The first kappa shape index (κ1) is 18.5. The summed E-state index contributed by atoms with van der Waals surface area (Å²) < 4.78 is 14.7. The van der Waals surface area contributed by atoms with Gasteiger partial charge in [-0.05, 0) is 13.0 Å². The van der Waals surface area contributed by atoms with E-state index in [1.54, 1.807) is 30.9 Å². The van der Waals surface area contributed by atoms with Gasteiger partial charge in [0.05, 0.1) is 37.1 Å². The van der Waals surface area contributed by atoms with Crippen LogP contribution in [0, 0.1) is 0 Å². The topological polar surface area (TPSA) is 74.4 Å². The molecule has 0 spiro atoms. The zero-order valence-electron chi connectivity index (χ0n) is 16.5. The van der Waals surface area contributed by atoms with Crippen LogP contribution in [-0.2, 0) is 26.1 Å². The molecule has 1 aliphatic heterocycles. The number of fused-ring (bicyclic) bond motifs is 2. The van der Waals surface area contributed by atoms with Crippen LogP contribution in [0.5, 0.6) is 11.5 Å². The normalized spacial score (nSPS) is 14.7. The van der Waals surface area contributed by atoms with E-state index in [1.165, 1.54) is 5.69 Å². The van der Waals surface area contributed by atoms with Crippen molar-refractivity contribution >= 4 is 10.9 Å². The number of nitrogens with zero attached hydrogens (tertiary/aromatic N) is 5. The fourth-order valence-electron chi connectivity index (χ4n) is 3.78. The summed E-state index contributed by atoms with van der Waals surface area (Å²) in [4.78, 5) is 24.5. The van der Waals surface area contributed by atoms with E-state index in [4.69, 9.17) is 14.5 Å². The molecule has 0 saturated heterocycles. The van der Waals surface area contributed by atoms with Crippen LogP contribution in [-0.4, -0.2) is 51.3 Å². The molecule has 4 rings (SSSR count). The summed E-state index contributed by atoms with van der Waals surface area (Å²) in [7, 11) is 3.15. The number of benzene rings is 1. The lowest BCUT2D eigenvalue weighted by atomic mass is 10.2. The molecule has 2 aromatic heterocycles. The molecule has 3 aromatic rings. The largest absolute Gasteiger partial charge is 0.493 e. The predicted octanol–water partition coefficient (Wildman–Crippen LogP) is 1.69. The van der Waals surface area contributed by atoms with Crippen molar-refractivity contribution in [3.05, 3.63) is 46.5 Å². The van der Waals surface area contributed by atoms with Crippen molar-refractivity contribution in [2.45, 2.75) is 33.0 Å². The molecule has 8 heteroatoms. The van der Waals surface area contributed by atoms with Crippen molar-refractivity contribution in [3.8, 4) is 11.5 Å². The Labute approximate surface area is 163 Å². The molecule has 1 aliphatic rings. The van der Waals surface area contributed by atoms with E-state index in [9.17, 15) is 4.79 Å².